The van der Waals surface area contributed by atoms with Gasteiger partial charge in [0.2, 0.25) is 0 Å². The highest BCUT2D eigenvalue weighted by molar-refractivity contribution is 8.00. The Labute approximate surface area is 131 Å². The number of aromatic hydroxyl groups is 1. The molecule has 0 amide bonds. The number of hydrogen-bond acceptors (Lipinski definition) is 6. The van der Waals surface area contributed by atoms with Crippen molar-refractivity contribution in [2.45, 2.75) is 23.9 Å². The summed E-state index contributed by atoms with van der Waals surface area (Å²) in [5.74, 6) is 1.31. The van der Waals surface area contributed by atoms with E-state index in [0.717, 1.165) is 17.3 Å². The van der Waals surface area contributed by atoms with E-state index < -0.39 is 0 Å². The summed E-state index contributed by atoms with van der Waals surface area (Å²) < 4.78 is 12.9. The summed E-state index contributed by atoms with van der Waals surface area (Å²) in [7, 11) is 1.55. The third kappa shape index (κ3) is 2.00. The lowest BCUT2D eigenvalue weighted by Gasteiger charge is -2.05. The number of hydrogen-bond donors (Lipinski definition) is 2. The lowest BCUT2D eigenvalue weighted by atomic mass is 10.2. The van der Waals surface area contributed by atoms with Crippen molar-refractivity contribution in [3.8, 4) is 23.0 Å². The molecule has 6 nitrogen and oxygen atoms in total. The van der Waals surface area contributed by atoms with Crippen LogP contribution >= 0.6 is 11.8 Å². The number of fused-ring (bicyclic) bond motifs is 2. The fourth-order valence-electron chi connectivity index (χ4n) is 2.48. The minimum Gasteiger partial charge on any atom is -0.507 e. The van der Waals surface area contributed by atoms with Gasteiger partial charge in [0.05, 0.1) is 24.1 Å². The molecule has 2 N–H and O–H groups in total. The minimum absolute atomic E-state index is 0.134. The van der Waals surface area contributed by atoms with Crippen LogP contribution in [0.4, 0.5) is 0 Å². The quantitative estimate of drug-likeness (QED) is 0.771. The van der Waals surface area contributed by atoms with Gasteiger partial charge in [0.25, 0.3) is 0 Å². The highest BCUT2D eigenvalue weighted by Gasteiger charge is 2.24. The van der Waals surface area contributed by atoms with Gasteiger partial charge >= 0.3 is 0 Å². The van der Waals surface area contributed by atoms with E-state index in [-0.39, 0.29) is 5.75 Å². The van der Waals surface area contributed by atoms with Crippen LogP contribution in [0.25, 0.3) is 22.4 Å². The number of furan rings is 1. The number of benzene rings is 1. The molecular weight excluding hydrogens is 302 g/mol. The predicted molar refractivity (Wildman–Crippen MR) is 84.9 cm³/mol. The number of nitrogens with zero attached hydrogens (tertiary/aromatic N) is 2. The van der Waals surface area contributed by atoms with Crippen LogP contribution in [-0.2, 0) is 0 Å². The van der Waals surface area contributed by atoms with Gasteiger partial charge in [0.15, 0.2) is 10.9 Å². The maximum atomic E-state index is 10.0. The number of ether oxygens (including phenoxy) is 1. The molecule has 0 radical (unpaired) electrons. The maximum Gasteiger partial charge on any atom is 0.189 e. The number of phenolic OH excluding ortho intramolecular Hbond substituents is 1. The Morgan fingerprint density at radius 2 is 2.32 bits per heavy atom. The Morgan fingerprint density at radius 1 is 1.45 bits per heavy atom. The molecule has 0 saturated heterocycles. The summed E-state index contributed by atoms with van der Waals surface area (Å²) in [5, 5.41) is 12.0. The molecule has 3 aromatic rings. The molecule has 1 unspecified atom stereocenters. The normalized spacial score (nSPS) is 16.7. The molecule has 3 heterocycles. The van der Waals surface area contributed by atoms with Crippen molar-refractivity contribution >= 4 is 22.7 Å². The van der Waals surface area contributed by atoms with Gasteiger partial charge in [-0.3, -0.25) is 0 Å². The third-order valence-electron chi connectivity index (χ3n) is 3.65. The van der Waals surface area contributed by atoms with Crippen molar-refractivity contribution in [1.82, 2.24) is 9.66 Å². The molecule has 1 atom stereocenters. The molecule has 114 valence electrons. The van der Waals surface area contributed by atoms with E-state index >= 15 is 0 Å². The summed E-state index contributed by atoms with van der Waals surface area (Å²) in [6, 6.07) is 5.12. The van der Waals surface area contributed by atoms with E-state index in [1.54, 1.807) is 37.1 Å². The molecule has 0 bridgehead atoms. The molecule has 22 heavy (non-hydrogen) atoms. The van der Waals surface area contributed by atoms with Crippen LogP contribution in [0.1, 0.15) is 13.3 Å². The van der Waals surface area contributed by atoms with Gasteiger partial charge in [-0.15, -0.1) is 0 Å². The minimum atomic E-state index is 0.134. The largest absolute Gasteiger partial charge is 0.507 e. The molecule has 1 aliphatic heterocycles. The number of rotatable bonds is 3. The lowest BCUT2D eigenvalue weighted by molar-refractivity contribution is 0.408. The van der Waals surface area contributed by atoms with Crippen molar-refractivity contribution in [3.63, 3.8) is 0 Å². The van der Waals surface area contributed by atoms with Crippen LogP contribution in [0, 0.1) is 0 Å². The molecular formula is C15H15N3O3S. The van der Waals surface area contributed by atoms with E-state index in [9.17, 15) is 5.11 Å². The maximum absolute atomic E-state index is 10.0. The van der Waals surface area contributed by atoms with Crippen molar-refractivity contribution < 1.29 is 14.3 Å². The average molecular weight is 317 g/mol. The first-order chi connectivity index (χ1) is 10.7. The van der Waals surface area contributed by atoms with Crippen molar-refractivity contribution in [1.29, 1.82) is 0 Å². The lowest BCUT2D eigenvalue weighted by Crippen LogP contribution is -2.16. The molecule has 0 fully saturated rings. The molecule has 0 saturated carbocycles. The van der Waals surface area contributed by atoms with Gasteiger partial charge in [0.1, 0.15) is 22.8 Å². The number of nitrogens with one attached hydrogen (secondary N) is 1. The van der Waals surface area contributed by atoms with Crippen LogP contribution in [0.3, 0.4) is 0 Å². The zero-order valence-electron chi connectivity index (χ0n) is 12.2. The monoisotopic (exact) mass is 317 g/mol. The Kier molecular flexibility index (Phi) is 2.97. The molecule has 0 aliphatic carbocycles. The topological polar surface area (TPSA) is 72.5 Å². The first kappa shape index (κ1) is 13.4. The van der Waals surface area contributed by atoms with Crippen LogP contribution in [0.2, 0.25) is 0 Å². The number of phenols is 1. The Morgan fingerprint density at radius 3 is 3.05 bits per heavy atom. The molecule has 4 rings (SSSR count). The van der Waals surface area contributed by atoms with E-state index in [0.29, 0.717) is 27.9 Å². The van der Waals surface area contributed by atoms with Crippen molar-refractivity contribution in [2.24, 2.45) is 0 Å². The second-order valence-electron chi connectivity index (χ2n) is 5.09. The number of imidazole rings is 1. The molecule has 2 aromatic heterocycles. The van der Waals surface area contributed by atoms with Gasteiger partial charge in [-0.25, -0.2) is 9.66 Å². The molecule has 0 spiro atoms. The summed E-state index contributed by atoms with van der Waals surface area (Å²) in [4.78, 5) is 4.58. The standard InChI is InChI=1S/C15H15N3O3S/c1-3-14-17-18-7-10(16-15(18)22-14)13-6-9-11(19)4-8(20-2)5-12(9)21-13/h4-7,14,17,19H,3H2,1-2H3. The predicted octanol–water partition coefficient (Wildman–Crippen LogP) is 3.40. The fourth-order valence-corrected chi connectivity index (χ4v) is 3.44. The Balaban J connectivity index is 1.75. The smallest absolute Gasteiger partial charge is 0.189 e. The summed E-state index contributed by atoms with van der Waals surface area (Å²) in [6.07, 6.45) is 2.94. The van der Waals surface area contributed by atoms with Crippen LogP contribution in [0.5, 0.6) is 11.5 Å². The van der Waals surface area contributed by atoms with E-state index in [2.05, 4.69) is 17.3 Å². The first-order valence-electron chi connectivity index (χ1n) is 7.01. The van der Waals surface area contributed by atoms with E-state index in [1.165, 1.54) is 0 Å². The number of methoxy groups -OCH3 is 1. The second-order valence-corrected chi connectivity index (χ2v) is 6.26. The summed E-state index contributed by atoms with van der Waals surface area (Å²) in [6.45, 7) is 2.13. The zero-order valence-corrected chi connectivity index (χ0v) is 13.0. The van der Waals surface area contributed by atoms with Crippen LogP contribution < -0.4 is 10.2 Å². The number of thioether (sulfide) groups is 1. The zero-order chi connectivity index (χ0) is 15.3. The van der Waals surface area contributed by atoms with E-state index in [1.807, 2.05) is 10.9 Å². The average Bonchev–Trinajstić information content (AvgIpc) is 3.18. The van der Waals surface area contributed by atoms with Crippen LogP contribution in [0.15, 0.2) is 34.0 Å². The van der Waals surface area contributed by atoms with Gasteiger partial charge in [-0.1, -0.05) is 18.7 Å². The van der Waals surface area contributed by atoms with Gasteiger partial charge in [-0.05, 0) is 12.5 Å². The van der Waals surface area contributed by atoms with Crippen molar-refractivity contribution in [3.05, 3.63) is 24.4 Å². The van der Waals surface area contributed by atoms with E-state index in [4.69, 9.17) is 9.15 Å². The van der Waals surface area contributed by atoms with Gasteiger partial charge in [0, 0.05) is 12.1 Å². The SMILES string of the molecule is CCC1Nn2cc(-c3cc4c(O)cc(OC)cc4o3)nc2S1. The van der Waals surface area contributed by atoms with Crippen molar-refractivity contribution in [2.75, 3.05) is 12.5 Å². The summed E-state index contributed by atoms with van der Waals surface area (Å²) in [5.41, 5.74) is 4.66. The number of aromatic nitrogens is 2. The third-order valence-corrected chi connectivity index (χ3v) is 4.87. The first-order valence-corrected chi connectivity index (χ1v) is 7.89. The second kappa shape index (κ2) is 4.88. The Bertz CT molecular complexity index is 832. The summed E-state index contributed by atoms with van der Waals surface area (Å²) >= 11 is 1.70. The highest BCUT2D eigenvalue weighted by atomic mass is 32.2. The molecule has 1 aromatic carbocycles. The van der Waals surface area contributed by atoms with Crippen LogP contribution in [-0.4, -0.2) is 27.3 Å². The molecule has 7 heteroatoms. The highest BCUT2D eigenvalue weighted by Crippen LogP contribution is 2.37. The fraction of sp³-hybridized carbons (Fsp3) is 0.267. The van der Waals surface area contributed by atoms with Gasteiger partial charge < -0.3 is 19.7 Å². The molecule has 1 aliphatic rings. The Hall–Kier alpha value is -2.28. The van der Waals surface area contributed by atoms with Gasteiger partial charge in [-0.2, -0.15) is 0 Å².